The second kappa shape index (κ2) is 4.14. The number of hydrogen-bond acceptors (Lipinski definition) is 3. The number of nitrogens with two attached hydrogens (primary N) is 2. The average molecular weight is 299 g/mol. The Balaban J connectivity index is 3.35. The number of pyridine rings is 1. The fourth-order valence-corrected chi connectivity index (χ4v) is 1.66. The summed E-state index contributed by atoms with van der Waals surface area (Å²) in [4.78, 5) is 3.84. The molecule has 1 heterocycles. The highest BCUT2D eigenvalue weighted by Gasteiger charge is 2.18. The van der Waals surface area contributed by atoms with E-state index in [1.807, 2.05) is 22.6 Å². The summed E-state index contributed by atoms with van der Waals surface area (Å²) in [6.07, 6.45) is -1.38. The van der Waals surface area contributed by atoms with Crippen molar-refractivity contribution in [1.82, 2.24) is 4.98 Å². The minimum Gasteiger partial charge on any atom is -0.397 e. The molecule has 0 aliphatic heterocycles. The van der Waals surface area contributed by atoms with Gasteiger partial charge in [-0.1, -0.05) is 0 Å². The largest absolute Gasteiger partial charge is 0.397 e. The predicted molar refractivity (Wildman–Crippen MR) is 54.2 cm³/mol. The van der Waals surface area contributed by atoms with Gasteiger partial charge in [0, 0.05) is 17.7 Å². The zero-order valence-electron chi connectivity index (χ0n) is 6.60. The standard InChI is InChI=1S/C7H8F2IN3/c8-6(9)5-3(1-11)7(10)13-2-4(5)12/h2,6H,1,11-12H2. The molecule has 1 aromatic heterocycles. The molecule has 0 aliphatic rings. The first-order valence-electron chi connectivity index (χ1n) is 3.49. The van der Waals surface area contributed by atoms with E-state index in [0.29, 0.717) is 9.26 Å². The van der Waals surface area contributed by atoms with Gasteiger partial charge in [0.05, 0.1) is 11.9 Å². The maximum atomic E-state index is 12.5. The monoisotopic (exact) mass is 299 g/mol. The highest BCUT2D eigenvalue weighted by atomic mass is 127. The lowest BCUT2D eigenvalue weighted by Gasteiger charge is -2.10. The van der Waals surface area contributed by atoms with Gasteiger partial charge in [0.2, 0.25) is 0 Å². The molecule has 0 saturated heterocycles. The van der Waals surface area contributed by atoms with Crippen LogP contribution >= 0.6 is 22.6 Å². The molecule has 0 saturated carbocycles. The van der Waals surface area contributed by atoms with Crippen molar-refractivity contribution in [1.29, 1.82) is 0 Å². The van der Waals surface area contributed by atoms with Gasteiger partial charge in [0.1, 0.15) is 3.70 Å². The fourth-order valence-electron chi connectivity index (χ4n) is 1.01. The molecule has 4 N–H and O–H groups in total. The van der Waals surface area contributed by atoms with Gasteiger partial charge in [-0.05, 0) is 22.6 Å². The number of anilines is 1. The first-order chi connectivity index (χ1) is 6.07. The van der Waals surface area contributed by atoms with Crippen molar-refractivity contribution in [3.63, 3.8) is 0 Å². The predicted octanol–water partition coefficient (Wildman–Crippen LogP) is 1.66. The molecule has 0 radical (unpaired) electrons. The van der Waals surface area contributed by atoms with E-state index in [4.69, 9.17) is 11.5 Å². The van der Waals surface area contributed by atoms with Gasteiger partial charge in [0.25, 0.3) is 6.43 Å². The van der Waals surface area contributed by atoms with Gasteiger partial charge in [-0.3, -0.25) is 0 Å². The van der Waals surface area contributed by atoms with E-state index >= 15 is 0 Å². The molecule has 0 fully saturated rings. The maximum absolute atomic E-state index is 12.5. The number of halogens is 3. The lowest BCUT2D eigenvalue weighted by atomic mass is 10.1. The summed E-state index contributed by atoms with van der Waals surface area (Å²) >= 11 is 1.86. The number of nitrogen functional groups attached to an aromatic ring is 1. The molecule has 0 amide bonds. The van der Waals surface area contributed by atoms with Crippen LogP contribution in [0.15, 0.2) is 6.20 Å². The highest BCUT2D eigenvalue weighted by molar-refractivity contribution is 14.1. The number of alkyl halides is 2. The van der Waals surface area contributed by atoms with Crippen LogP contribution in [0, 0.1) is 3.70 Å². The molecule has 6 heteroatoms. The van der Waals surface area contributed by atoms with Crippen molar-refractivity contribution in [2.24, 2.45) is 5.73 Å². The third kappa shape index (κ3) is 2.05. The van der Waals surface area contributed by atoms with Gasteiger partial charge in [-0.2, -0.15) is 0 Å². The molecule has 13 heavy (non-hydrogen) atoms. The van der Waals surface area contributed by atoms with E-state index in [2.05, 4.69) is 4.98 Å². The summed E-state index contributed by atoms with van der Waals surface area (Å²) in [5, 5.41) is 0. The van der Waals surface area contributed by atoms with Crippen LogP contribution in [0.5, 0.6) is 0 Å². The maximum Gasteiger partial charge on any atom is 0.266 e. The molecule has 3 nitrogen and oxygen atoms in total. The van der Waals surface area contributed by atoms with E-state index in [1.165, 1.54) is 6.20 Å². The molecule has 0 unspecified atom stereocenters. The SMILES string of the molecule is NCc1c(I)ncc(N)c1C(F)F. The van der Waals surface area contributed by atoms with Crippen LogP contribution in [-0.2, 0) is 6.54 Å². The molecular formula is C7H8F2IN3. The Morgan fingerprint density at radius 2 is 2.15 bits per heavy atom. The van der Waals surface area contributed by atoms with E-state index in [9.17, 15) is 8.78 Å². The molecule has 0 aliphatic carbocycles. The summed E-state index contributed by atoms with van der Waals surface area (Å²) in [5.41, 5.74) is 10.8. The lowest BCUT2D eigenvalue weighted by Crippen LogP contribution is -2.09. The third-order valence-corrected chi connectivity index (χ3v) is 2.55. The van der Waals surface area contributed by atoms with E-state index in [0.717, 1.165) is 0 Å². The second-order valence-electron chi connectivity index (χ2n) is 2.40. The smallest absolute Gasteiger partial charge is 0.266 e. The highest BCUT2D eigenvalue weighted by Crippen LogP contribution is 2.29. The molecule has 72 valence electrons. The Morgan fingerprint density at radius 1 is 1.54 bits per heavy atom. The van der Waals surface area contributed by atoms with Crippen LogP contribution in [0.3, 0.4) is 0 Å². The minimum absolute atomic E-state index is 0.00383. The van der Waals surface area contributed by atoms with Crippen LogP contribution in [0.2, 0.25) is 0 Å². The zero-order chi connectivity index (χ0) is 10.0. The number of nitrogens with zero attached hydrogens (tertiary/aromatic N) is 1. The van der Waals surface area contributed by atoms with Gasteiger partial charge in [-0.15, -0.1) is 0 Å². The van der Waals surface area contributed by atoms with E-state index in [-0.39, 0.29) is 17.8 Å². The van der Waals surface area contributed by atoms with Crippen LogP contribution in [0.25, 0.3) is 0 Å². The average Bonchev–Trinajstić information content (AvgIpc) is 2.07. The third-order valence-electron chi connectivity index (χ3n) is 1.62. The summed E-state index contributed by atoms with van der Waals surface area (Å²) in [5.74, 6) is 0. The molecular weight excluding hydrogens is 291 g/mol. The van der Waals surface area contributed by atoms with Crippen molar-refractivity contribution in [2.45, 2.75) is 13.0 Å². The topological polar surface area (TPSA) is 64.9 Å². The Hall–Kier alpha value is -0.500. The first-order valence-corrected chi connectivity index (χ1v) is 4.56. The van der Waals surface area contributed by atoms with Crippen molar-refractivity contribution < 1.29 is 8.78 Å². The Morgan fingerprint density at radius 3 is 2.54 bits per heavy atom. The quantitative estimate of drug-likeness (QED) is 0.645. The number of rotatable bonds is 2. The Kier molecular flexibility index (Phi) is 3.37. The van der Waals surface area contributed by atoms with Gasteiger partial charge in [0.15, 0.2) is 0 Å². The van der Waals surface area contributed by atoms with Crippen molar-refractivity contribution in [2.75, 3.05) is 5.73 Å². The van der Waals surface area contributed by atoms with Crippen LogP contribution in [0.1, 0.15) is 17.6 Å². The number of hydrogen-bond donors (Lipinski definition) is 2. The lowest BCUT2D eigenvalue weighted by molar-refractivity contribution is 0.151. The normalized spacial score (nSPS) is 10.8. The van der Waals surface area contributed by atoms with Crippen LogP contribution in [0.4, 0.5) is 14.5 Å². The summed E-state index contributed by atoms with van der Waals surface area (Å²) < 4.78 is 25.5. The number of aromatic nitrogens is 1. The molecule has 0 spiro atoms. The molecule has 1 aromatic rings. The summed E-state index contributed by atoms with van der Waals surface area (Å²) in [7, 11) is 0. The van der Waals surface area contributed by atoms with E-state index in [1.54, 1.807) is 0 Å². The zero-order valence-corrected chi connectivity index (χ0v) is 8.76. The molecule has 0 atom stereocenters. The summed E-state index contributed by atoms with van der Waals surface area (Å²) in [6.45, 7) is 0.0238. The second-order valence-corrected chi connectivity index (χ2v) is 3.42. The van der Waals surface area contributed by atoms with Crippen LogP contribution < -0.4 is 11.5 Å². The fraction of sp³-hybridized carbons (Fsp3) is 0.286. The van der Waals surface area contributed by atoms with Crippen molar-refractivity contribution in [3.05, 3.63) is 21.0 Å². The van der Waals surface area contributed by atoms with Crippen molar-refractivity contribution in [3.8, 4) is 0 Å². The van der Waals surface area contributed by atoms with Crippen LogP contribution in [-0.4, -0.2) is 4.98 Å². The first kappa shape index (κ1) is 10.6. The Labute approximate surface area is 87.7 Å². The summed E-state index contributed by atoms with van der Waals surface area (Å²) in [6, 6.07) is 0. The molecule has 0 bridgehead atoms. The minimum atomic E-state index is -2.60. The van der Waals surface area contributed by atoms with E-state index < -0.39 is 6.43 Å². The van der Waals surface area contributed by atoms with Crippen molar-refractivity contribution >= 4 is 28.3 Å². The van der Waals surface area contributed by atoms with Gasteiger partial charge < -0.3 is 11.5 Å². The molecule has 0 aromatic carbocycles. The Bertz CT molecular complexity index is 317. The van der Waals surface area contributed by atoms with Gasteiger partial charge >= 0.3 is 0 Å². The van der Waals surface area contributed by atoms with Gasteiger partial charge in [-0.25, -0.2) is 13.8 Å². The molecule has 1 rings (SSSR count).